The van der Waals surface area contributed by atoms with Crippen LogP contribution in [0.1, 0.15) is 72.9 Å². The first-order valence-corrected chi connectivity index (χ1v) is 14.5. The number of Topliss-reactive ketones (excluding diaryl/α,β-unsaturated/α-hetero) is 1. The number of carbonyl (C=O) groups is 2. The molecule has 0 N–H and O–H groups in total. The van der Waals surface area contributed by atoms with Crippen molar-refractivity contribution in [1.82, 2.24) is 0 Å². The lowest BCUT2D eigenvalue weighted by Crippen LogP contribution is -2.36. The van der Waals surface area contributed by atoms with E-state index in [0.717, 1.165) is 23.0 Å². The molecule has 6 nitrogen and oxygen atoms in total. The van der Waals surface area contributed by atoms with E-state index in [1.807, 2.05) is 18.2 Å². The molecule has 0 spiro atoms. The second kappa shape index (κ2) is 16.1. The Balaban J connectivity index is 0.000000202. The minimum Gasteiger partial charge on any atom is -0.381 e. The van der Waals surface area contributed by atoms with Gasteiger partial charge in [-0.25, -0.2) is 0 Å². The number of alkyl halides is 2. The van der Waals surface area contributed by atoms with E-state index in [-0.39, 0.29) is 12.1 Å². The first-order valence-electron chi connectivity index (χ1n) is 13.7. The smallest absolute Gasteiger partial charge is 0.184 e. The third-order valence-electron chi connectivity index (χ3n) is 7.51. The van der Waals surface area contributed by atoms with E-state index < -0.39 is 24.2 Å². The molecule has 0 atom stereocenters. The average Bonchev–Trinajstić information content (AvgIpc) is 3.53. The van der Waals surface area contributed by atoms with Gasteiger partial charge in [0.25, 0.3) is 0 Å². The van der Waals surface area contributed by atoms with Gasteiger partial charge >= 0.3 is 0 Å². The van der Waals surface area contributed by atoms with E-state index in [9.17, 15) is 18.4 Å². The fraction of sp³-hybridized carbons (Fsp3) is 0.548. The molecule has 10 heteroatoms. The Morgan fingerprint density at radius 2 is 1.22 bits per heavy atom. The van der Waals surface area contributed by atoms with Crippen LogP contribution in [0.5, 0.6) is 0 Å². The van der Waals surface area contributed by atoms with Gasteiger partial charge in [0.2, 0.25) is 0 Å². The van der Waals surface area contributed by atoms with Crippen molar-refractivity contribution >= 4 is 35.3 Å². The molecule has 0 aliphatic carbocycles. The summed E-state index contributed by atoms with van der Waals surface area (Å²) in [7, 11) is 0. The number of hydrogen-bond acceptors (Lipinski definition) is 6. The van der Waals surface area contributed by atoms with Crippen molar-refractivity contribution in [1.29, 1.82) is 0 Å². The Bertz CT molecular complexity index is 1140. The van der Waals surface area contributed by atoms with Gasteiger partial charge in [-0.05, 0) is 87.1 Å². The lowest BCUT2D eigenvalue weighted by molar-refractivity contribution is -0.115. The van der Waals surface area contributed by atoms with E-state index in [1.54, 1.807) is 18.2 Å². The van der Waals surface area contributed by atoms with Gasteiger partial charge < -0.3 is 23.7 Å². The van der Waals surface area contributed by atoms with Crippen molar-refractivity contribution in [3.63, 3.8) is 0 Å². The fourth-order valence-electron chi connectivity index (χ4n) is 5.12. The number of benzene rings is 2. The van der Waals surface area contributed by atoms with Crippen LogP contribution in [0.4, 0.5) is 8.78 Å². The van der Waals surface area contributed by atoms with Gasteiger partial charge in [0, 0.05) is 58.4 Å². The summed E-state index contributed by atoms with van der Waals surface area (Å²) in [6, 6.07) is 10.7. The molecule has 0 radical (unpaired) electrons. The normalized spacial score (nSPS) is 19.8. The summed E-state index contributed by atoms with van der Waals surface area (Å²) >= 11 is 12.2. The van der Waals surface area contributed by atoms with Gasteiger partial charge in [-0.2, -0.15) is 0 Å². The summed E-state index contributed by atoms with van der Waals surface area (Å²) in [6.45, 7) is 5.63. The number of halogens is 4. The molecular weight excluding hydrogens is 577 g/mol. The highest BCUT2D eigenvalue weighted by Gasteiger charge is 2.36. The molecular formula is C31H38Cl2F2O6. The number of carbonyl (C=O) groups excluding carboxylic acids is 2. The molecule has 5 rings (SSSR count). The molecule has 3 heterocycles. The van der Waals surface area contributed by atoms with Crippen molar-refractivity contribution in [3.8, 4) is 0 Å². The number of aldehydes is 1. The highest BCUT2D eigenvalue weighted by atomic mass is 35.5. The van der Waals surface area contributed by atoms with E-state index >= 15 is 0 Å². The van der Waals surface area contributed by atoms with Crippen LogP contribution in [0, 0.1) is 0 Å². The number of hydrogen-bond donors (Lipinski definition) is 0. The van der Waals surface area contributed by atoms with Gasteiger partial charge in [-0.3, -0.25) is 13.6 Å². The monoisotopic (exact) mass is 614 g/mol. The van der Waals surface area contributed by atoms with Crippen LogP contribution in [-0.4, -0.2) is 65.1 Å². The van der Waals surface area contributed by atoms with Crippen LogP contribution in [0.3, 0.4) is 0 Å². The predicted octanol–water partition coefficient (Wildman–Crippen LogP) is 7.17. The minimum atomic E-state index is -0.541. The van der Waals surface area contributed by atoms with Crippen molar-refractivity contribution < 1.29 is 37.3 Å². The van der Waals surface area contributed by atoms with Gasteiger partial charge in [0.1, 0.15) is 12.1 Å². The maximum absolute atomic E-state index is 13.7. The lowest BCUT2D eigenvalue weighted by Gasteiger charge is -2.35. The van der Waals surface area contributed by atoms with Gasteiger partial charge in [-0.15, -0.1) is 0 Å². The van der Waals surface area contributed by atoms with Crippen LogP contribution >= 0.6 is 23.2 Å². The minimum absolute atomic E-state index is 0.167. The fourth-order valence-corrected chi connectivity index (χ4v) is 5.60. The van der Waals surface area contributed by atoms with Crippen molar-refractivity contribution in [2.45, 2.75) is 56.7 Å². The van der Waals surface area contributed by atoms with E-state index in [0.29, 0.717) is 80.9 Å². The number of ketones is 1. The molecule has 3 saturated heterocycles. The maximum atomic E-state index is 13.7. The summed E-state index contributed by atoms with van der Waals surface area (Å²) in [4.78, 5) is 20.3. The third-order valence-corrected chi connectivity index (χ3v) is 7.94. The Morgan fingerprint density at radius 3 is 1.66 bits per heavy atom. The lowest BCUT2D eigenvalue weighted by atomic mass is 9.75. The Hall–Kier alpha value is -1.94. The summed E-state index contributed by atoms with van der Waals surface area (Å²) < 4.78 is 48.7. The van der Waals surface area contributed by atoms with Crippen LogP contribution in [0.25, 0.3) is 0 Å². The van der Waals surface area contributed by atoms with Crippen molar-refractivity contribution in [3.05, 3.63) is 68.7 Å². The standard InChI is InChI=1S/C15H18ClFO3.C13H14ClFO2.C3H6O/c16-13-8-11(14-19-5-6-20-14)7-12(9-13)15(10-17)1-3-18-4-2-15;14-12-6-10(8-16)5-11(7-12)13(9-15)1-3-17-4-2-13;1-3(2)4/h7-9,14H,1-6,10H2;5-8H,1-4,9H2;1-2H3. The van der Waals surface area contributed by atoms with Gasteiger partial charge in [0.05, 0.1) is 26.6 Å². The quantitative estimate of drug-likeness (QED) is 0.321. The number of rotatable bonds is 6. The Labute approximate surface area is 250 Å². The molecule has 0 unspecified atom stereocenters. The topological polar surface area (TPSA) is 71.1 Å². The summed E-state index contributed by atoms with van der Waals surface area (Å²) in [5.41, 5.74) is 2.05. The van der Waals surface area contributed by atoms with E-state index in [2.05, 4.69) is 0 Å². The second-order valence-electron chi connectivity index (χ2n) is 10.7. The first-order chi connectivity index (χ1) is 19.7. The SMILES string of the molecule is CC(C)=O.FCC1(c2cc(Cl)cc(C3OCCO3)c2)CCOCC1.O=Cc1cc(Cl)cc(C2(CF)CCOCC2)c1. The molecule has 2 aromatic rings. The van der Waals surface area contributed by atoms with Crippen LogP contribution in [-0.2, 0) is 34.6 Å². The van der Waals surface area contributed by atoms with Crippen LogP contribution in [0.2, 0.25) is 10.0 Å². The highest BCUT2D eigenvalue weighted by Crippen LogP contribution is 2.39. The second-order valence-corrected chi connectivity index (χ2v) is 11.6. The molecule has 0 aromatic heterocycles. The summed E-state index contributed by atoms with van der Waals surface area (Å²) in [5, 5.41) is 1.07. The molecule has 2 aromatic carbocycles. The molecule has 0 amide bonds. The maximum Gasteiger partial charge on any atom is 0.184 e. The van der Waals surface area contributed by atoms with Crippen molar-refractivity contribution in [2.24, 2.45) is 0 Å². The average molecular weight is 616 g/mol. The number of ether oxygens (including phenoxy) is 4. The molecule has 3 aliphatic rings. The van der Waals surface area contributed by atoms with E-state index in [4.69, 9.17) is 42.1 Å². The van der Waals surface area contributed by atoms with Crippen molar-refractivity contribution in [2.75, 3.05) is 53.0 Å². The predicted molar refractivity (Wildman–Crippen MR) is 155 cm³/mol. The molecule has 3 aliphatic heterocycles. The van der Waals surface area contributed by atoms with Crippen LogP contribution in [0.15, 0.2) is 36.4 Å². The first kappa shape index (κ1) is 33.6. The molecule has 0 bridgehead atoms. The Morgan fingerprint density at radius 1 is 0.780 bits per heavy atom. The van der Waals surface area contributed by atoms with Gasteiger partial charge in [0.15, 0.2) is 6.29 Å². The molecule has 3 fully saturated rings. The zero-order chi connectivity index (χ0) is 29.9. The summed E-state index contributed by atoms with van der Waals surface area (Å²) in [6.07, 6.45) is 2.96. The third kappa shape index (κ3) is 9.27. The van der Waals surface area contributed by atoms with E-state index in [1.165, 1.54) is 13.8 Å². The molecule has 226 valence electrons. The van der Waals surface area contributed by atoms with Crippen LogP contribution < -0.4 is 0 Å². The largest absolute Gasteiger partial charge is 0.381 e. The Kier molecular flexibility index (Phi) is 13.1. The zero-order valence-electron chi connectivity index (χ0n) is 23.6. The zero-order valence-corrected chi connectivity index (χ0v) is 25.1. The summed E-state index contributed by atoms with van der Waals surface area (Å²) in [5.74, 6) is 0.167. The van der Waals surface area contributed by atoms with Gasteiger partial charge in [-0.1, -0.05) is 23.2 Å². The highest BCUT2D eigenvalue weighted by molar-refractivity contribution is 6.31. The molecule has 41 heavy (non-hydrogen) atoms. The molecule has 0 saturated carbocycles.